The molecular weight excluding hydrogens is 290 g/mol. The average Bonchev–Trinajstić information content (AvgIpc) is 2.78. The van der Waals surface area contributed by atoms with Crippen LogP contribution in [0.25, 0.3) is 0 Å². The summed E-state index contributed by atoms with van der Waals surface area (Å²) in [6.45, 7) is 8.12. The molecule has 0 aliphatic rings. The van der Waals surface area contributed by atoms with Crippen LogP contribution in [0.2, 0.25) is 0 Å². The third-order valence-corrected chi connectivity index (χ3v) is 3.43. The van der Waals surface area contributed by atoms with E-state index in [1.54, 1.807) is 0 Å². The fraction of sp³-hybridized carbons (Fsp3) is 0.471. The summed E-state index contributed by atoms with van der Waals surface area (Å²) in [5.41, 5.74) is 20.1. The highest BCUT2D eigenvalue weighted by Gasteiger charge is 2.05. The van der Waals surface area contributed by atoms with Gasteiger partial charge in [-0.3, -0.25) is 4.68 Å². The highest BCUT2D eigenvalue weighted by Crippen LogP contribution is 2.14. The molecular formula is C17H29N5O. The largest absolute Gasteiger partial charge is 0.494 e. The second-order valence-electron chi connectivity index (χ2n) is 5.37. The van der Waals surface area contributed by atoms with E-state index in [9.17, 15) is 0 Å². The fourth-order valence-electron chi connectivity index (χ4n) is 1.95. The van der Waals surface area contributed by atoms with E-state index in [0.29, 0.717) is 6.54 Å². The SMILES string of the molecule is CCCCOc1ccc(N)cc1.Cc1nn(CCN)c(C)c1N. The van der Waals surface area contributed by atoms with E-state index in [4.69, 9.17) is 21.9 Å². The van der Waals surface area contributed by atoms with E-state index >= 15 is 0 Å². The molecule has 0 unspecified atom stereocenters. The Labute approximate surface area is 138 Å². The van der Waals surface area contributed by atoms with Gasteiger partial charge >= 0.3 is 0 Å². The van der Waals surface area contributed by atoms with Gasteiger partial charge in [0, 0.05) is 12.2 Å². The van der Waals surface area contributed by atoms with Crippen molar-refractivity contribution in [2.24, 2.45) is 5.73 Å². The molecule has 1 aromatic heterocycles. The first kappa shape index (κ1) is 18.8. The summed E-state index contributed by atoms with van der Waals surface area (Å²) in [5, 5.41) is 4.21. The van der Waals surface area contributed by atoms with Gasteiger partial charge < -0.3 is 21.9 Å². The molecule has 6 heteroatoms. The number of unbranched alkanes of at least 4 members (excludes halogenated alkanes) is 1. The first-order chi connectivity index (χ1) is 11.0. The normalized spacial score (nSPS) is 10.1. The van der Waals surface area contributed by atoms with Gasteiger partial charge in [0.2, 0.25) is 0 Å². The molecule has 1 aromatic carbocycles. The number of nitrogen functional groups attached to an aromatic ring is 2. The summed E-state index contributed by atoms with van der Waals surface area (Å²) in [6.07, 6.45) is 2.26. The van der Waals surface area contributed by atoms with Crippen LogP contribution in [0.3, 0.4) is 0 Å². The molecule has 2 rings (SSSR count). The summed E-state index contributed by atoms with van der Waals surface area (Å²) in [6, 6.07) is 7.48. The van der Waals surface area contributed by atoms with Crippen molar-refractivity contribution in [2.75, 3.05) is 24.6 Å². The molecule has 23 heavy (non-hydrogen) atoms. The lowest BCUT2D eigenvalue weighted by molar-refractivity contribution is 0.309. The number of benzene rings is 1. The van der Waals surface area contributed by atoms with Crippen LogP contribution in [0, 0.1) is 13.8 Å². The monoisotopic (exact) mass is 319 g/mol. The average molecular weight is 319 g/mol. The van der Waals surface area contributed by atoms with Crippen LogP contribution in [0.5, 0.6) is 5.75 Å². The Kier molecular flexibility index (Phi) is 7.97. The number of aromatic nitrogens is 2. The molecule has 0 saturated carbocycles. The zero-order chi connectivity index (χ0) is 17.2. The summed E-state index contributed by atoms with van der Waals surface area (Å²) < 4.78 is 7.28. The van der Waals surface area contributed by atoms with Crippen molar-refractivity contribution < 1.29 is 4.74 Å². The van der Waals surface area contributed by atoms with Crippen molar-refractivity contribution in [1.29, 1.82) is 0 Å². The molecule has 0 aliphatic carbocycles. The van der Waals surface area contributed by atoms with E-state index in [0.717, 1.165) is 54.5 Å². The zero-order valence-electron chi connectivity index (χ0n) is 14.4. The van der Waals surface area contributed by atoms with Crippen molar-refractivity contribution in [2.45, 2.75) is 40.2 Å². The van der Waals surface area contributed by atoms with E-state index in [1.165, 1.54) is 0 Å². The smallest absolute Gasteiger partial charge is 0.119 e. The Morgan fingerprint density at radius 3 is 2.26 bits per heavy atom. The van der Waals surface area contributed by atoms with Gasteiger partial charge in [0.15, 0.2) is 0 Å². The highest BCUT2D eigenvalue weighted by molar-refractivity contribution is 5.46. The van der Waals surface area contributed by atoms with E-state index in [1.807, 2.05) is 42.8 Å². The van der Waals surface area contributed by atoms with Crippen LogP contribution >= 0.6 is 0 Å². The van der Waals surface area contributed by atoms with Crippen LogP contribution < -0.4 is 21.9 Å². The molecule has 0 spiro atoms. The highest BCUT2D eigenvalue weighted by atomic mass is 16.5. The van der Waals surface area contributed by atoms with Crippen molar-refractivity contribution in [3.63, 3.8) is 0 Å². The van der Waals surface area contributed by atoms with Crippen molar-refractivity contribution in [3.8, 4) is 5.75 Å². The minimum atomic E-state index is 0.599. The Balaban J connectivity index is 0.000000231. The summed E-state index contributed by atoms with van der Waals surface area (Å²) in [4.78, 5) is 0. The van der Waals surface area contributed by atoms with Gasteiger partial charge in [-0.2, -0.15) is 5.10 Å². The van der Waals surface area contributed by atoms with Crippen LogP contribution in [0.1, 0.15) is 31.2 Å². The molecule has 0 saturated heterocycles. The summed E-state index contributed by atoms with van der Waals surface area (Å²) in [5.74, 6) is 0.901. The molecule has 0 radical (unpaired) electrons. The van der Waals surface area contributed by atoms with Gasteiger partial charge in [0.1, 0.15) is 5.75 Å². The first-order valence-electron chi connectivity index (χ1n) is 7.97. The molecule has 0 atom stereocenters. The quantitative estimate of drug-likeness (QED) is 0.560. The molecule has 6 nitrogen and oxygen atoms in total. The molecule has 128 valence electrons. The lowest BCUT2D eigenvalue weighted by Gasteiger charge is -2.04. The lowest BCUT2D eigenvalue weighted by Crippen LogP contribution is -2.12. The Morgan fingerprint density at radius 1 is 1.13 bits per heavy atom. The molecule has 0 amide bonds. The van der Waals surface area contributed by atoms with Gasteiger partial charge in [0.05, 0.1) is 30.2 Å². The lowest BCUT2D eigenvalue weighted by atomic mass is 10.3. The number of hydrogen-bond acceptors (Lipinski definition) is 5. The third-order valence-electron chi connectivity index (χ3n) is 3.43. The van der Waals surface area contributed by atoms with Gasteiger partial charge in [-0.1, -0.05) is 13.3 Å². The van der Waals surface area contributed by atoms with Crippen molar-refractivity contribution >= 4 is 11.4 Å². The Hall–Kier alpha value is -2.21. The van der Waals surface area contributed by atoms with Gasteiger partial charge in [-0.15, -0.1) is 0 Å². The zero-order valence-corrected chi connectivity index (χ0v) is 14.4. The van der Waals surface area contributed by atoms with E-state index < -0.39 is 0 Å². The standard InChI is InChI=1S/C10H15NO.C7H14N4/c1-2-3-8-12-10-6-4-9(11)5-7-10;1-5-7(9)6(2)11(10-5)4-3-8/h4-7H,2-3,8,11H2,1H3;3-4,8-9H2,1-2H3. The maximum absolute atomic E-state index is 5.71. The Morgan fingerprint density at radius 2 is 1.78 bits per heavy atom. The molecule has 0 fully saturated rings. The minimum absolute atomic E-state index is 0.599. The number of nitrogens with two attached hydrogens (primary N) is 3. The predicted molar refractivity (Wildman–Crippen MR) is 96.4 cm³/mol. The summed E-state index contributed by atoms with van der Waals surface area (Å²) >= 11 is 0. The number of rotatable bonds is 6. The minimum Gasteiger partial charge on any atom is -0.494 e. The fourth-order valence-corrected chi connectivity index (χ4v) is 1.95. The Bertz CT molecular complexity index is 577. The summed E-state index contributed by atoms with van der Waals surface area (Å²) in [7, 11) is 0. The van der Waals surface area contributed by atoms with Crippen LogP contribution in [0.4, 0.5) is 11.4 Å². The topological polar surface area (TPSA) is 105 Å². The number of aryl methyl sites for hydroxylation is 1. The molecule has 6 N–H and O–H groups in total. The van der Waals surface area contributed by atoms with Crippen LogP contribution in [-0.2, 0) is 6.54 Å². The van der Waals surface area contributed by atoms with E-state index in [2.05, 4.69) is 12.0 Å². The van der Waals surface area contributed by atoms with Crippen molar-refractivity contribution in [3.05, 3.63) is 35.7 Å². The predicted octanol–water partition coefficient (Wildman–Crippen LogP) is 2.49. The van der Waals surface area contributed by atoms with Crippen LogP contribution in [-0.4, -0.2) is 22.9 Å². The molecule has 0 bridgehead atoms. The van der Waals surface area contributed by atoms with Gasteiger partial charge in [0.25, 0.3) is 0 Å². The van der Waals surface area contributed by atoms with Crippen LogP contribution in [0.15, 0.2) is 24.3 Å². The number of nitrogens with zero attached hydrogens (tertiary/aromatic N) is 2. The number of ether oxygens (including phenoxy) is 1. The second kappa shape index (κ2) is 9.74. The van der Waals surface area contributed by atoms with Gasteiger partial charge in [-0.05, 0) is 44.5 Å². The van der Waals surface area contributed by atoms with Crippen molar-refractivity contribution in [1.82, 2.24) is 9.78 Å². The second-order valence-corrected chi connectivity index (χ2v) is 5.37. The maximum Gasteiger partial charge on any atom is 0.119 e. The van der Waals surface area contributed by atoms with E-state index in [-0.39, 0.29) is 0 Å². The molecule has 2 aromatic rings. The third kappa shape index (κ3) is 6.20. The maximum atomic E-state index is 5.71. The first-order valence-corrected chi connectivity index (χ1v) is 7.97. The number of anilines is 2. The molecule has 0 aliphatic heterocycles. The molecule has 1 heterocycles. The van der Waals surface area contributed by atoms with Gasteiger partial charge in [-0.25, -0.2) is 0 Å². The number of hydrogen-bond donors (Lipinski definition) is 3.